The Morgan fingerprint density at radius 2 is 1.95 bits per heavy atom. The minimum absolute atomic E-state index is 0.202. The van der Waals surface area contributed by atoms with E-state index in [1.54, 1.807) is 0 Å². The van der Waals surface area contributed by atoms with E-state index in [4.69, 9.17) is 14.6 Å². The smallest absolute Gasteiger partial charge is 0.307 e. The fourth-order valence-electron chi connectivity index (χ4n) is 2.28. The Hall–Kier alpha value is -2.24. The molecule has 0 saturated heterocycles. The van der Waals surface area contributed by atoms with Crippen molar-refractivity contribution in [2.24, 2.45) is 11.8 Å². The lowest BCUT2D eigenvalue weighted by Crippen LogP contribution is -2.26. The molecule has 6 nitrogen and oxygen atoms in total. The second kappa shape index (κ2) is 5.03. The summed E-state index contributed by atoms with van der Waals surface area (Å²) in [7, 11) is 0. The van der Waals surface area contributed by atoms with Crippen LogP contribution in [-0.4, -0.2) is 30.2 Å². The Morgan fingerprint density at radius 3 is 2.65 bits per heavy atom. The summed E-state index contributed by atoms with van der Waals surface area (Å²) in [6, 6.07) is 5.50. The molecular weight excluding hydrogens is 262 g/mol. The summed E-state index contributed by atoms with van der Waals surface area (Å²) in [5.74, 6) is -0.617. The average molecular weight is 277 g/mol. The summed E-state index contributed by atoms with van der Waals surface area (Å²) < 4.78 is 10.9. The van der Waals surface area contributed by atoms with Gasteiger partial charge in [-0.3, -0.25) is 9.59 Å². The quantitative estimate of drug-likeness (QED) is 0.850. The number of carbonyl (C=O) groups is 2. The van der Waals surface area contributed by atoms with E-state index in [9.17, 15) is 9.59 Å². The number of hydrogen-bond acceptors (Lipinski definition) is 4. The molecular formula is C14H15NO5. The summed E-state index contributed by atoms with van der Waals surface area (Å²) >= 11 is 0. The first-order chi connectivity index (χ1) is 9.65. The molecule has 2 atom stereocenters. The SMILES string of the molecule is O=C(NCc1ccc2c(c1)OCCO2)[C@H]1C[C@H]1C(=O)O. The lowest BCUT2D eigenvalue weighted by Gasteiger charge is -2.19. The molecule has 106 valence electrons. The number of amides is 1. The maximum atomic E-state index is 11.8. The van der Waals surface area contributed by atoms with Crippen molar-refractivity contribution >= 4 is 11.9 Å². The monoisotopic (exact) mass is 277 g/mol. The fraction of sp³-hybridized carbons (Fsp3) is 0.429. The molecule has 1 aromatic carbocycles. The summed E-state index contributed by atoms with van der Waals surface area (Å²) in [6.07, 6.45) is 0.433. The van der Waals surface area contributed by atoms with Crippen molar-refractivity contribution in [3.63, 3.8) is 0 Å². The molecule has 0 bridgehead atoms. The fourth-order valence-corrected chi connectivity index (χ4v) is 2.28. The number of ether oxygens (including phenoxy) is 2. The van der Waals surface area contributed by atoms with Crippen molar-refractivity contribution in [3.8, 4) is 11.5 Å². The number of rotatable bonds is 4. The van der Waals surface area contributed by atoms with E-state index in [1.165, 1.54) is 0 Å². The zero-order valence-electron chi connectivity index (χ0n) is 10.8. The molecule has 0 radical (unpaired) electrons. The molecule has 1 aliphatic heterocycles. The number of aliphatic carboxylic acids is 1. The third-order valence-corrected chi connectivity index (χ3v) is 3.52. The first-order valence-electron chi connectivity index (χ1n) is 6.54. The molecule has 0 unspecified atom stereocenters. The van der Waals surface area contributed by atoms with Crippen LogP contribution in [0, 0.1) is 11.8 Å². The highest BCUT2D eigenvalue weighted by molar-refractivity contribution is 5.89. The second-order valence-electron chi connectivity index (χ2n) is 4.98. The van der Waals surface area contributed by atoms with Crippen molar-refractivity contribution in [1.82, 2.24) is 5.32 Å². The van der Waals surface area contributed by atoms with Gasteiger partial charge in [0.2, 0.25) is 5.91 Å². The van der Waals surface area contributed by atoms with Crippen LogP contribution in [-0.2, 0) is 16.1 Å². The van der Waals surface area contributed by atoms with Gasteiger partial charge < -0.3 is 19.9 Å². The molecule has 2 N–H and O–H groups in total. The maximum Gasteiger partial charge on any atom is 0.307 e. The van der Waals surface area contributed by atoms with E-state index in [0.717, 1.165) is 5.56 Å². The number of hydrogen-bond donors (Lipinski definition) is 2. The third-order valence-electron chi connectivity index (χ3n) is 3.52. The van der Waals surface area contributed by atoms with Crippen LogP contribution < -0.4 is 14.8 Å². The predicted molar refractivity (Wildman–Crippen MR) is 68.5 cm³/mol. The molecule has 1 aliphatic carbocycles. The topological polar surface area (TPSA) is 84.9 Å². The molecule has 0 aromatic heterocycles. The van der Waals surface area contributed by atoms with Gasteiger partial charge in [-0.15, -0.1) is 0 Å². The normalized spacial score (nSPS) is 23.0. The standard InChI is InChI=1S/C14H15NO5/c16-13(9-6-10(9)14(17)18)15-7-8-1-2-11-12(5-8)20-4-3-19-11/h1-2,5,9-10H,3-4,6-7H2,(H,15,16)(H,17,18)/t9-,10+/m0/s1. The van der Waals surface area contributed by atoms with Crippen LogP contribution >= 0.6 is 0 Å². The van der Waals surface area contributed by atoms with Crippen molar-refractivity contribution in [2.45, 2.75) is 13.0 Å². The van der Waals surface area contributed by atoms with Crippen LogP contribution in [0.4, 0.5) is 0 Å². The molecule has 0 spiro atoms. The number of carboxylic acids is 1. The van der Waals surface area contributed by atoms with E-state index in [-0.39, 0.29) is 11.8 Å². The minimum Gasteiger partial charge on any atom is -0.486 e. The number of carbonyl (C=O) groups excluding carboxylic acids is 1. The summed E-state index contributed by atoms with van der Waals surface area (Å²) in [5.41, 5.74) is 0.898. The Balaban J connectivity index is 1.56. The Bertz CT molecular complexity index is 556. The maximum absolute atomic E-state index is 11.8. The van der Waals surface area contributed by atoms with Crippen LogP contribution in [0.15, 0.2) is 18.2 Å². The number of benzene rings is 1. The molecule has 1 amide bonds. The summed E-state index contributed by atoms with van der Waals surface area (Å²) in [4.78, 5) is 22.5. The average Bonchev–Trinajstić information content (AvgIpc) is 3.25. The molecule has 1 saturated carbocycles. The van der Waals surface area contributed by atoms with Crippen molar-refractivity contribution in [1.29, 1.82) is 0 Å². The molecule has 1 aromatic rings. The van der Waals surface area contributed by atoms with E-state index < -0.39 is 11.9 Å². The number of nitrogens with one attached hydrogen (secondary N) is 1. The molecule has 1 heterocycles. The first kappa shape index (κ1) is 12.8. The third kappa shape index (κ3) is 2.54. The van der Waals surface area contributed by atoms with Gasteiger partial charge in [0.25, 0.3) is 0 Å². The van der Waals surface area contributed by atoms with Crippen LogP contribution in [0.5, 0.6) is 11.5 Å². The van der Waals surface area contributed by atoms with Gasteiger partial charge in [-0.25, -0.2) is 0 Å². The van der Waals surface area contributed by atoms with Gasteiger partial charge in [0.1, 0.15) is 13.2 Å². The highest BCUT2D eigenvalue weighted by Gasteiger charge is 2.48. The second-order valence-corrected chi connectivity index (χ2v) is 4.98. The highest BCUT2D eigenvalue weighted by atomic mass is 16.6. The van der Waals surface area contributed by atoms with Gasteiger partial charge in [-0.2, -0.15) is 0 Å². The Kier molecular flexibility index (Phi) is 3.22. The van der Waals surface area contributed by atoms with E-state index in [0.29, 0.717) is 37.7 Å². The van der Waals surface area contributed by atoms with Crippen molar-refractivity contribution in [2.75, 3.05) is 13.2 Å². The highest BCUT2D eigenvalue weighted by Crippen LogP contribution is 2.38. The lowest BCUT2D eigenvalue weighted by atomic mass is 10.2. The van der Waals surface area contributed by atoms with Gasteiger partial charge in [-0.1, -0.05) is 6.07 Å². The molecule has 1 fully saturated rings. The summed E-state index contributed by atoms with van der Waals surface area (Å²) in [5, 5.41) is 11.5. The number of fused-ring (bicyclic) bond motifs is 1. The van der Waals surface area contributed by atoms with Crippen LogP contribution in [0.25, 0.3) is 0 Å². The predicted octanol–water partition coefficient (Wildman–Crippen LogP) is 0.795. The van der Waals surface area contributed by atoms with Gasteiger partial charge in [0, 0.05) is 6.54 Å². The Morgan fingerprint density at radius 1 is 1.20 bits per heavy atom. The van der Waals surface area contributed by atoms with E-state index in [2.05, 4.69) is 5.32 Å². The largest absolute Gasteiger partial charge is 0.486 e. The van der Waals surface area contributed by atoms with Crippen LogP contribution in [0.2, 0.25) is 0 Å². The van der Waals surface area contributed by atoms with Crippen molar-refractivity contribution in [3.05, 3.63) is 23.8 Å². The first-order valence-corrected chi connectivity index (χ1v) is 6.54. The van der Waals surface area contributed by atoms with Gasteiger partial charge >= 0.3 is 5.97 Å². The van der Waals surface area contributed by atoms with Gasteiger partial charge in [-0.05, 0) is 24.1 Å². The van der Waals surface area contributed by atoms with Crippen molar-refractivity contribution < 1.29 is 24.2 Å². The molecule has 6 heteroatoms. The molecule has 2 aliphatic rings. The van der Waals surface area contributed by atoms with Crippen LogP contribution in [0.1, 0.15) is 12.0 Å². The number of carboxylic acid groups (broad SMARTS) is 1. The lowest BCUT2D eigenvalue weighted by molar-refractivity contribution is -0.140. The molecule has 20 heavy (non-hydrogen) atoms. The van der Waals surface area contributed by atoms with E-state index >= 15 is 0 Å². The molecule has 3 rings (SSSR count). The Labute approximate surface area is 115 Å². The van der Waals surface area contributed by atoms with E-state index in [1.807, 2.05) is 18.2 Å². The minimum atomic E-state index is -0.899. The van der Waals surface area contributed by atoms with Gasteiger partial charge in [0.05, 0.1) is 11.8 Å². The van der Waals surface area contributed by atoms with Crippen LogP contribution in [0.3, 0.4) is 0 Å². The summed E-state index contributed by atoms with van der Waals surface area (Å²) in [6.45, 7) is 1.42. The van der Waals surface area contributed by atoms with Gasteiger partial charge in [0.15, 0.2) is 11.5 Å². The zero-order valence-corrected chi connectivity index (χ0v) is 10.8. The zero-order chi connectivity index (χ0) is 14.1.